The molecule has 4 aromatic rings. The molecule has 0 unspecified atom stereocenters. The van der Waals surface area contributed by atoms with Gasteiger partial charge in [0, 0.05) is 25.2 Å². The second kappa shape index (κ2) is 6.01. The van der Waals surface area contributed by atoms with E-state index in [-0.39, 0.29) is 11.7 Å². The van der Waals surface area contributed by atoms with Gasteiger partial charge in [0.15, 0.2) is 5.65 Å². The lowest BCUT2D eigenvalue weighted by Gasteiger charge is -2.08. The highest BCUT2D eigenvalue weighted by molar-refractivity contribution is 5.91. The summed E-state index contributed by atoms with van der Waals surface area (Å²) >= 11 is 0. The van der Waals surface area contributed by atoms with Crippen molar-refractivity contribution in [3.05, 3.63) is 42.1 Å². The van der Waals surface area contributed by atoms with Gasteiger partial charge in [-0.1, -0.05) is 0 Å². The van der Waals surface area contributed by atoms with E-state index < -0.39 is 5.91 Å². The van der Waals surface area contributed by atoms with Crippen LogP contribution in [0.3, 0.4) is 0 Å². The molecule has 1 aliphatic heterocycles. The number of carbonyl (C=O) groups is 1. The summed E-state index contributed by atoms with van der Waals surface area (Å²) in [4.78, 5) is 20.8. The van der Waals surface area contributed by atoms with Gasteiger partial charge in [-0.25, -0.2) is 14.5 Å². The summed E-state index contributed by atoms with van der Waals surface area (Å²) in [6.45, 7) is 5.06. The van der Waals surface area contributed by atoms with E-state index in [0.717, 1.165) is 42.3 Å². The zero-order valence-corrected chi connectivity index (χ0v) is 15.7. The SMILES string of the molecule is CC(C)n1ccc(-c2nc3n(c2-c2ccc4ncc(C(N)=O)n4n2)CCC3)n1. The molecule has 142 valence electrons. The Morgan fingerprint density at radius 1 is 1.18 bits per heavy atom. The van der Waals surface area contributed by atoms with Crippen LogP contribution < -0.4 is 5.73 Å². The van der Waals surface area contributed by atoms with Gasteiger partial charge in [0.2, 0.25) is 0 Å². The number of hydrogen-bond acceptors (Lipinski definition) is 5. The molecule has 0 fully saturated rings. The van der Waals surface area contributed by atoms with Gasteiger partial charge < -0.3 is 10.3 Å². The van der Waals surface area contributed by atoms with Crippen molar-refractivity contribution in [1.82, 2.24) is 33.9 Å². The molecule has 28 heavy (non-hydrogen) atoms. The maximum atomic E-state index is 11.7. The fourth-order valence-electron chi connectivity index (χ4n) is 3.68. The molecule has 0 bridgehead atoms. The number of nitrogens with zero attached hydrogens (tertiary/aromatic N) is 7. The predicted octanol–water partition coefficient (Wildman–Crippen LogP) is 2.08. The Bertz CT molecular complexity index is 1210. The van der Waals surface area contributed by atoms with Gasteiger partial charge in [-0.2, -0.15) is 10.2 Å². The molecule has 5 rings (SSSR count). The van der Waals surface area contributed by atoms with Crippen LogP contribution in [0.4, 0.5) is 0 Å². The lowest BCUT2D eigenvalue weighted by atomic mass is 10.2. The first-order valence-corrected chi connectivity index (χ1v) is 9.33. The molecule has 0 saturated carbocycles. The second-order valence-electron chi connectivity index (χ2n) is 7.25. The number of rotatable bonds is 4. The molecule has 5 heterocycles. The van der Waals surface area contributed by atoms with Crippen molar-refractivity contribution in [2.24, 2.45) is 5.73 Å². The van der Waals surface area contributed by atoms with Crippen LogP contribution in [0.1, 0.15) is 42.6 Å². The van der Waals surface area contributed by atoms with Gasteiger partial charge in [-0.15, -0.1) is 0 Å². The number of imidazole rings is 2. The van der Waals surface area contributed by atoms with E-state index in [2.05, 4.69) is 28.5 Å². The normalized spacial score (nSPS) is 13.5. The summed E-state index contributed by atoms with van der Waals surface area (Å²) in [7, 11) is 0. The van der Waals surface area contributed by atoms with E-state index in [4.69, 9.17) is 15.8 Å². The highest BCUT2D eigenvalue weighted by Crippen LogP contribution is 2.34. The molecule has 0 spiro atoms. The summed E-state index contributed by atoms with van der Waals surface area (Å²) in [6.07, 6.45) is 5.39. The third kappa shape index (κ3) is 2.43. The summed E-state index contributed by atoms with van der Waals surface area (Å²) in [5.74, 6) is 0.471. The van der Waals surface area contributed by atoms with Crippen LogP contribution in [0, 0.1) is 0 Å². The first kappa shape index (κ1) is 16.7. The van der Waals surface area contributed by atoms with Crippen LogP contribution in [0.2, 0.25) is 0 Å². The molecule has 9 nitrogen and oxygen atoms in total. The molecular weight excluding hydrogens is 356 g/mol. The Kier molecular flexibility index (Phi) is 3.58. The van der Waals surface area contributed by atoms with Gasteiger partial charge in [0.25, 0.3) is 5.91 Å². The topological polar surface area (TPSA) is 109 Å². The van der Waals surface area contributed by atoms with Crippen molar-refractivity contribution in [2.45, 2.75) is 39.3 Å². The number of aryl methyl sites for hydroxylation is 1. The molecule has 0 aliphatic carbocycles. The summed E-state index contributed by atoms with van der Waals surface area (Å²) < 4.78 is 5.60. The first-order valence-electron chi connectivity index (χ1n) is 9.33. The molecule has 2 N–H and O–H groups in total. The number of nitrogens with two attached hydrogens (primary N) is 1. The fourth-order valence-corrected chi connectivity index (χ4v) is 3.68. The van der Waals surface area contributed by atoms with Crippen LogP contribution in [0.5, 0.6) is 0 Å². The van der Waals surface area contributed by atoms with Crippen LogP contribution >= 0.6 is 0 Å². The number of fused-ring (bicyclic) bond motifs is 2. The van der Waals surface area contributed by atoms with E-state index in [9.17, 15) is 4.79 Å². The van der Waals surface area contributed by atoms with Crippen molar-refractivity contribution in [2.75, 3.05) is 0 Å². The van der Waals surface area contributed by atoms with Gasteiger partial charge in [-0.3, -0.25) is 9.48 Å². The largest absolute Gasteiger partial charge is 0.364 e. The highest BCUT2D eigenvalue weighted by Gasteiger charge is 2.26. The third-order valence-electron chi connectivity index (χ3n) is 5.07. The molecule has 0 saturated heterocycles. The maximum Gasteiger partial charge on any atom is 0.269 e. The third-order valence-corrected chi connectivity index (χ3v) is 5.07. The summed E-state index contributed by atoms with van der Waals surface area (Å²) in [5.41, 5.74) is 9.53. The van der Waals surface area contributed by atoms with E-state index in [1.165, 1.54) is 10.7 Å². The van der Waals surface area contributed by atoms with E-state index in [1.807, 2.05) is 29.1 Å². The Morgan fingerprint density at radius 2 is 2.04 bits per heavy atom. The molecule has 0 radical (unpaired) electrons. The van der Waals surface area contributed by atoms with Crippen LogP contribution in [-0.4, -0.2) is 39.8 Å². The van der Waals surface area contributed by atoms with Crippen molar-refractivity contribution in [3.63, 3.8) is 0 Å². The minimum atomic E-state index is -0.563. The van der Waals surface area contributed by atoms with Gasteiger partial charge in [0.05, 0.1) is 11.9 Å². The standard InChI is InChI=1S/C19H20N8O/c1-11(2)26-9-7-12(23-26)17-18(25-8-3-4-16(25)22-17)13-5-6-15-21-10-14(19(20)28)27(15)24-13/h5-7,9-11H,3-4,8H2,1-2H3,(H2,20,28). The predicted molar refractivity (Wildman–Crippen MR) is 103 cm³/mol. The monoisotopic (exact) mass is 376 g/mol. The number of carbonyl (C=O) groups excluding carboxylic acids is 1. The number of amides is 1. The zero-order chi connectivity index (χ0) is 19.4. The molecular formula is C19H20N8O. The molecule has 1 amide bonds. The quantitative estimate of drug-likeness (QED) is 0.586. The Labute approximate surface area is 160 Å². The Morgan fingerprint density at radius 3 is 2.79 bits per heavy atom. The van der Waals surface area contributed by atoms with Gasteiger partial charge in [0.1, 0.15) is 28.6 Å². The molecule has 0 aromatic carbocycles. The number of aromatic nitrogens is 7. The number of hydrogen-bond donors (Lipinski definition) is 1. The molecule has 9 heteroatoms. The van der Waals surface area contributed by atoms with Crippen molar-refractivity contribution >= 4 is 11.6 Å². The average molecular weight is 376 g/mol. The van der Waals surface area contributed by atoms with Crippen LogP contribution in [0.15, 0.2) is 30.6 Å². The molecule has 4 aromatic heterocycles. The average Bonchev–Trinajstić information content (AvgIpc) is 3.41. The fraction of sp³-hybridized carbons (Fsp3) is 0.316. The summed E-state index contributed by atoms with van der Waals surface area (Å²) in [5, 5.41) is 9.36. The van der Waals surface area contributed by atoms with E-state index in [1.54, 1.807) is 0 Å². The summed E-state index contributed by atoms with van der Waals surface area (Å²) in [6, 6.07) is 5.98. The van der Waals surface area contributed by atoms with E-state index >= 15 is 0 Å². The van der Waals surface area contributed by atoms with Gasteiger partial charge >= 0.3 is 0 Å². The van der Waals surface area contributed by atoms with Crippen LogP contribution in [0.25, 0.3) is 28.4 Å². The van der Waals surface area contributed by atoms with Crippen molar-refractivity contribution < 1.29 is 4.79 Å². The maximum absolute atomic E-state index is 11.7. The lowest BCUT2D eigenvalue weighted by molar-refractivity contribution is 0.0993. The van der Waals surface area contributed by atoms with Gasteiger partial charge in [-0.05, 0) is 38.5 Å². The minimum Gasteiger partial charge on any atom is -0.364 e. The van der Waals surface area contributed by atoms with E-state index in [0.29, 0.717) is 11.3 Å². The van der Waals surface area contributed by atoms with Crippen LogP contribution in [-0.2, 0) is 13.0 Å². The highest BCUT2D eigenvalue weighted by atomic mass is 16.1. The lowest BCUT2D eigenvalue weighted by Crippen LogP contribution is -2.15. The first-order chi connectivity index (χ1) is 13.5. The smallest absolute Gasteiger partial charge is 0.269 e. The molecule has 1 aliphatic rings. The minimum absolute atomic E-state index is 0.253. The Balaban J connectivity index is 1.72. The zero-order valence-electron chi connectivity index (χ0n) is 15.7. The Hall–Kier alpha value is -3.49. The molecule has 0 atom stereocenters. The van der Waals surface area contributed by atoms with Crippen molar-refractivity contribution in [3.8, 4) is 22.8 Å². The van der Waals surface area contributed by atoms with Crippen molar-refractivity contribution in [1.29, 1.82) is 0 Å². The second-order valence-corrected chi connectivity index (χ2v) is 7.25. The number of primary amides is 1.